The molecule has 19 heavy (non-hydrogen) atoms. The lowest BCUT2D eigenvalue weighted by molar-refractivity contribution is 0.101. The second-order valence-electron chi connectivity index (χ2n) is 4.68. The number of nitrogens with zero attached hydrogens (tertiary/aromatic N) is 1. The van der Waals surface area contributed by atoms with Crippen molar-refractivity contribution in [3.8, 4) is 0 Å². The summed E-state index contributed by atoms with van der Waals surface area (Å²) in [4.78, 5) is 13.8. The lowest BCUT2D eigenvalue weighted by Crippen LogP contribution is -2.20. The third-order valence-corrected chi connectivity index (χ3v) is 3.38. The van der Waals surface area contributed by atoms with Crippen LogP contribution in [-0.4, -0.2) is 12.3 Å². The molecule has 0 spiro atoms. The average molecular weight is 249 g/mol. The molecule has 0 N–H and O–H groups in total. The molecule has 2 heteroatoms. The Labute approximate surface area is 113 Å². The van der Waals surface area contributed by atoms with E-state index in [-0.39, 0.29) is 5.78 Å². The van der Waals surface area contributed by atoms with Gasteiger partial charge >= 0.3 is 0 Å². The minimum atomic E-state index is 0.102. The molecule has 0 bridgehead atoms. The molecule has 1 aliphatic heterocycles. The van der Waals surface area contributed by atoms with Gasteiger partial charge in [-0.15, -0.1) is 0 Å². The first-order valence-electron chi connectivity index (χ1n) is 6.40. The Morgan fingerprint density at radius 1 is 1.11 bits per heavy atom. The summed E-state index contributed by atoms with van der Waals surface area (Å²) in [7, 11) is 0. The predicted molar refractivity (Wildman–Crippen MR) is 78.9 cm³/mol. The molecule has 0 amide bonds. The van der Waals surface area contributed by atoms with Crippen LogP contribution in [0.4, 0.5) is 11.4 Å². The van der Waals surface area contributed by atoms with Gasteiger partial charge in [0.1, 0.15) is 0 Å². The number of benzene rings is 2. The summed E-state index contributed by atoms with van der Waals surface area (Å²) in [5, 5.41) is 0. The number of para-hydroxylation sites is 1. The standard InChI is InChI=1S/C17H15NO/c1-13(19)15-10-9-14-6-5-11-18(17(14)12-15)16-7-3-2-4-8-16/h2-10,12H,11H2,1H3. The van der Waals surface area contributed by atoms with Gasteiger partial charge < -0.3 is 4.90 Å². The number of fused-ring (bicyclic) bond motifs is 1. The van der Waals surface area contributed by atoms with Gasteiger partial charge in [0.25, 0.3) is 0 Å². The summed E-state index contributed by atoms with van der Waals surface area (Å²) in [6.07, 6.45) is 4.25. The molecular weight excluding hydrogens is 234 g/mol. The quantitative estimate of drug-likeness (QED) is 0.748. The van der Waals surface area contributed by atoms with E-state index in [4.69, 9.17) is 0 Å². The third-order valence-electron chi connectivity index (χ3n) is 3.38. The Balaban J connectivity index is 2.10. The van der Waals surface area contributed by atoms with Crippen LogP contribution in [0.3, 0.4) is 0 Å². The van der Waals surface area contributed by atoms with Gasteiger partial charge in [-0.25, -0.2) is 0 Å². The number of hydrogen-bond acceptors (Lipinski definition) is 2. The van der Waals surface area contributed by atoms with Crippen LogP contribution in [-0.2, 0) is 0 Å². The molecular formula is C17H15NO. The topological polar surface area (TPSA) is 20.3 Å². The molecule has 1 heterocycles. The third kappa shape index (κ3) is 2.17. The summed E-state index contributed by atoms with van der Waals surface area (Å²) in [6.45, 7) is 2.44. The lowest BCUT2D eigenvalue weighted by atomic mass is 10.0. The molecule has 1 aliphatic rings. The van der Waals surface area contributed by atoms with Crippen LogP contribution in [0.5, 0.6) is 0 Å². The van der Waals surface area contributed by atoms with E-state index >= 15 is 0 Å². The van der Waals surface area contributed by atoms with Crippen LogP contribution >= 0.6 is 0 Å². The van der Waals surface area contributed by atoms with Gasteiger partial charge in [-0.2, -0.15) is 0 Å². The van der Waals surface area contributed by atoms with Gasteiger partial charge in [-0.05, 0) is 30.7 Å². The molecule has 0 atom stereocenters. The van der Waals surface area contributed by atoms with Crippen molar-refractivity contribution in [2.24, 2.45) is 0 Å². The van der Waals surface area contributed by atoms with Gasteiger partial charge in [0, 0.05) is 23.5 Å². The van der Waals surface area contributed by atoms with Gasteiger partial charge in [0.05, 0.1) is 0 Å². The molecule has 0 aliphatic carbocycles. The molecule has 0 saturated heterocycles. The molecule has 2 aromatic carbocycles. The zero-order chi connectivity index (χ0) is 13.2. The van der Waals surface area contributed by atoms with Gasteiger partial charge in [-0.1, -0.05) is 42.5 Å². The van der Waals surface area contributed by atoms with Crippen molar-refractivity contribution in [3.05, 3.63) is 65.7 Å². The normalized spacial score (nSPS) is 13.2. The largest absolute Gasteiger partial charge is 0.337 e. The molecule has 0 aromatic heterocycles. The van der Waals surface area contributed by atoms with E-state index < -0.39 is 0 Å². The summed E-state index contributed by atoms with van der Waals surface area (Å²) in [5.74, 6) is 0.102. The minimum absolute atomic E-state index is 0.102. The Hall–Kier alpha value is -2.35. The Bertz CT molecular complexity index is 644. The number of carbonyl (C=O) groups excluding carboxylic acids is 1. The van der Waals surface area contributed by atoms with E-state index in [9.17, 15) is 4.79 Å². The van der Waals surface area contributed by atoms with Crippen LogP contribution < -0.4 is 4.90 Å². The number of carbonyl (C=O) groups is 1. The first-order valence-corrected chi connectivity index (χ1v) is 6.40. The van der Waals surface area contributed by atoms with E-state index in [1.165, 1.54) is 0 Å². The van der Waals surface area contributed by atoms with Gasteiger partial charge in [0.2, 0.25) is 0 Å². The molecule has 0 radical (unpaired) electrons. The highest BCUT2D eigenvalue weighted by molar-refractivity contribution is 5.96. The Morgan fingerprint density at radius 2 is 1.89 bits per heavy atom. The Morgan fingerprint density at radius 3 is 2.63 bits per heavy atom. The summed E-state index contributed by atoms with van der Waals surface area (Å²) >= 11 is 0. The maximum atomic E-state index is 11.5. The smallest absolute Gasteiger partial charge is 0.159 e. The SMILES string of the molecule is CC(=O)c1ccc2c(c1)N(c1ccccc1)CC=C2. The molecule has 0 saturated carbocycles. The highest BCUT2D eigenvalue weighted by Gasteiger charge is 2.15. The van der Waals surface area contributed by atoms with E-state index in [2.05, 4.69) is 29.2 Å². The summed E-state index contributed by atoms with van der Waals surface area (Å²) in [5.41, 5.74) is 4.16. The maximum Gasteiger partial charge on any atom is 0.159 e. The molecule has 0 unspecified atom stereocenters. The minimum Gasteiger partial charge on any atom is -0.337 e. The van der Waals surface area contributed by atoms with E-state index in [0.717, 1.165) is 29.0 Å². The molecule has 0 fully saturated rings. The first-order chi connectivity index (χ1) is 9.25. The van der Waals surface area contributed by atoms with Crippen LogP contribution in [0, 0.1) is 0 Å². The number of anilines is 2. The zero-order valence-corrected chi connectivity index (χ0v) is 10.8. The van der Waals surface area contributed by atoms with E-state index in [1.54, 1.807) is 6.92 Å². The number of ketones is 1. The van der Waals surface area contributed by atoms with E-state index in [0.29, 0.717) is 0 Å². The lowest BCUT2D eigenvalue weighted by Gasteiger charge is -2.28. The number of Topliss-reactive ketones (excluding diaryl/α,β-unsaturated/α-hetero) is 1. The number of hydrogen-bond donors (Lipinski definition) is 0. The van der Waals surface area contributed by atoms with E-state index in [1.807, 2.05) is 36.4 Å². The van der Waals surface area contributed by atoms with Crippen molar-refractivity contribution in [3.63, 3.8) is 0 Å². The molecule has 2 aromatic rings. The number of rotatable bonds is 2. The van der Waals surface area contributed by atoms with Gasteiger partial charge in [-0.3, -0.25) is 4.79 Å². The highest BCUT2D eigenvalue weighted by Crippen LogP contribution is 2.33. The molecule has 2 nitrogen and oxygen atoms in total. The average Bonchev–Trinajstić information content (AvgIpc) is 2.47. The fourth-order valence-electron chi connectivity index (χ4n) is 2.37. The van der Waals surface area contributed by atoms with Crippen molar-refractivity contribution >= 4 is 23.2 Å². The molecule has 3 rings (SSSR count). The van der Waals surface area contributed by atoms with Crippen molar-refractivity contribution in [2.45, 2.75) is 6.92 Å². The second-order valence-corrected chi connectivity index (χ2v) is 4.68. The van der Waals surface area contributed by atoms with Gasteiger partial charge in [0.15, 0.2) is 5.78 Å². The van der Waals surface area contributed by atoms with Crippen molar-refractivity contribution < 1.29 is 4.79 Å². The van der Waals surface area contributed by atoms with Crippen molar-refractivity contribution in [2.75, 3.05) is 11.4 Å². The monoisotopic (exact) mass is 249 g/mol. The summed E-state index contributed by atoms with van der Waals surface area (Å²) < 4.78 is 0. The van der Waals surface area contributed by atoms with Crippen LogP contribution in [0.25, 0.3) is 6.08 Å². The highest BCUT2D eigenvalue weighted by atomic mass is 16.1. The van der Waals surface area contributed by atoms with Crippen LogP contribution in [0.15, 0.2) is 54.6 Å². The Kier molecular flexibility index (Phi) is 2.92. The predicted octanol–water partition coefficient (Wildman–Crippen LogP) is 4.05. The summed E-state index contributed by atoms with van der Waals surface area (Å²) in [6, 6.07) is 16.1. The fourth-order valence-corrected chi connectivity index (χ4v) is 2.37. The zero-order valence-electron chi connectivity index (χ0n) is 10.8. The first kappa shape index (κ1) is 11.7. The van der Waals surface area contributed by atoms with Crippen LogP contribution in [0.2, 0.25) is 0 Å². The fraction of sp³-hybridized carbons (Fsp3) is 0.118. The van der Waals surface area contributed by atoms with Crippen molar-refractivity contribution in [1.82, 2.24) is 0 Å². The molecule has 94 valence electrons. The maximum absolute atomic E-state index is 11.5. The second kappa shape index (κ2) is 4.73. The van der Waals surface area contributed by atoms with Crippen LogP contribution in [0.1, 0.15) is 22.8 Å². The van der Waals surface area contributed by atoms with Crippen molar-refractivity contribution in [1.29, 1.82) is 0 Å².